The molecule has 0 radical (unpaired) electrons. The number of rotatable bonds is 2. The van der Waals surface area contributed by atoms with Crippen LogP contribution in [0.3, 0.4) is 0 Å². The Balaban J connectivity index is 2.31. The zero-order valence-corrected chi connectivity index (χ0v) is 7.71. The molecule has 0 bridgehead atoms. The Morgan fingerprint density at radius 1 is 1.29 bits per heavy atom. The minimum Gasteiger partial charge on any atom is -0.389 e. The van der Waals surface area contributed by atoms with Crippen molar-refractivity contribution >= 4 is 0 Å². The average molecular weight is 190 g/mol. The normalized spacial score (nSPS) is 12.7. The molecule has 0 aliphatic heterocycles. The fraction of sp³-hybridized carbons (Fsp3) is 0.200. The highest BCUT2D eigenvalue weighted by Crippen LogP contribution is 2.18. The van der Waals surface area contributed by atoms with E-state index in [1.165, 1.54) is 6.39 Å². The second kappa shape index (κ2) is 3.59. The van der Waals surface area contributed by atoms with Crippen molar-refractivity contribution in [2.45, 2.75) is 13.0 Å². The van der Waals surface area contributed by atoms with Crippen LogP contribution >= 0.6 is 0 Å². The lowest BCUT2D eigenvalue weighted by molar-refractivity contribution is 0.199. The first-order valence-corrected chi connectivity index (χ1v) is 4.32. The lowest BCUT2D eigenvalue weighted by Crippen LogP contribution is -1.90. The third kappa shape index (κ3) is 1.65. The van der Waals surface area contributed by atoms with E-state index >= 15 is 0 Å². The van der Waals surface area contributed by atoms with Crippen molar-refractivity contribution in [1.29, 1.82) is 0 Å². The van der Waals surface area contributed by atoms with E-state index in [4.69, 9.17) is 0 Å². The van der Waals surface area contributed by atoms with Crippen LogP contribution < -0.4 is 0 Å². The van der Waals surface area contributed by atoms with Gasteiger partial charge in [0.1, 0.15) is 0 Å². The first kappa shape index (κ1) is 8.90. The smallest absolute Gasteiger partial charge is 0.214 e. The number of hydrogen-bond acceptors (Lipinski definition) is 4. The zero-order valence-electron chi connectivity index (χ0n) is 7.71. The molecule has 0 spiro atoms. The molecule has 0 aliphatic rings. The molecule has 1 unspecified atom stereocenters. The van der Waals surface area contributed by atoms with Crippen molar-refractivity contribution in [3.63, 3.8) is 0 Å². The molecule has 1 atom stereocenters. The number of hydrogen-bond donors (Lipinski definition) is 1. The molecule has 14 heavy (non-hydrogen) atoms. The van der Waals surface area contributed by atoms with E-state index in [2.05, 4.69) is 14.7 Å². The maximum atomic E-state index is 9.30. The molecule has 2 aromatic rings. The van der Waals surface area contributed by atoms with E-state index in [1.807, 2.05) is 24.3 Å². The van der Waals surface area contributed by atoms with Gasteiger partial charge < -0.3 is 9.63 Å². The van der Waals surface area contributed by atoms with Crippen LogP contribution in [0, 0.1) is 0 Å². The second-order valence-electron chi connectivity index (χ2n) is 3.05. The molecule has 0 fully saturated rings. The van der Waals surface area contributed by atoms with Crippen molar-refractivity contribution in [2.24, 2.45) is 0 Å². The summed E-state index contributed by atoms with van der Waals surface area (Å²) in [5, 5.41) is 13.0. The molecule has 0 aliphatic carbocycles. The molecule has 1 aromatic heterocycles. The van der Waals surface area contributed by atoms with Crippen LogP contribution in [-0.4, -0.2) is 15.2 Å². The molecule has 0 saturated heterocycles. The van der Waals surface area contributed by atoms with Crippen LogP contribution in [0.25, 0.3) is 11.4 Å². The van der Waals surface area contributed by atoms with E-state index < -0.39 is 6.10 Å². The summed E-state index contributed by atoms with van der Waals surface area (Å²) in [6, 6.07) is 7.40. The summed E-state index contributed by atoms with van der Waals surface area (Å²) >= 11 is 0. The fourth-order valence-electron chi connectivity index (χ4n) is 1.21. The van der Waals surface area contributed by atoms with Gasteiger partial charge in [-0.15, -0.1) is 0 Å². The first-order valence-electron chi connectivity index (χ1n) is 4.32. The quantitative estimate of drug-likeness (QED) is 0.784. The van der Waals surface area contributed by atoms with Gasteiger partial charge in [-0.2, -0.15) is 4.98 Å². The van der Waals surface area contributed by atoms with E-state index in [-0.39, 0.29) is 0 Å². The Morgan fingerprint density at radius 3 is 2.50 bits per heavy atom. The summed E-state index contributed by atoms with van der Waals surface area (Å²) in [7, 11) is 0. The van der Waals surface area contributed by atoms with Gasteiger partial charge >= 0.3 is 0 Å². The number of aliphatic hydroxyl groups excluding tert-OH is 1. The summed E-state index contributed by atoms with van der Waals surface area (Å²) in [4.78, 5) is 3.92. The van der Waals surface area contributed by atoms with E-state index in [1.54, 1.807) is 6.92 Å². The monoisotopic (exact) mass is 190 g/mol. The Labute approximate surface area is 81.2 Å². The van der Waals surface area contributed by atoms with Gasteiger partial charge in [-0.05, 0) is 12.5 Å². The number of benzene rings is 1. The summed E-state index contributed by atoms with van der Waals surface area (Å²) in [5.41, 5.74) is 1.75. The predicted molar refractivity (Wildman–Crippen MR) is 50.4 cm³/mol. The molecule has 0 saturated carbocycles. The molecule has 72 valence electrons. The van der Waals surface area contributed by atoms with Gasteiger partial charge in [-0.3, -0.25) is 0 Å². The van der Waals surface area contributed by atoms with E-state index in [9.17, 15) is 5.11 Å². The summed E-state index contributed by atoms with van der Waals surface area (Å²) < 4.78 is 4.64. The Kier molecular flexibility index (Phi) is 2.28. The lowest BCUT2D eigenvalue weighted by atomic mass is 10.1. The summed E-state index contributed by atoms with van der Waals surface area (Å²) in [5.74, 6) is 0.558. The summed E-state index contributed by atoms with van der Waals surface area (Å²) in [6.07, 6.45) is 0.840. The number of aliphatic hydroxyl groups is 1. The SMILES string of the molecule is CC(O)c1ccc(-c2ncon2)cc1. The van der Waals surface area contributed by atoms with Gasteiger partial charge in [0.15, 0.2) is 0 Å². The molecular weight excluding hydrogens is 180 g/mol. The maximum Gasteiger partial charge on any atom is 0.214 e. The largest absolute Gasteiger partial charge is 0.389 e. The van der Waals surface area contributed by atoms with Gasteiger partial charge in [0.2, 0.25) is 12.2 Å². The van der Waals surface area contributed by atoms with Crippen molar-refractivity contribution in [3.05, 3.63) is 36.2 Å². The van der Waals surface area contributed by atoms with Crippen LogP contribution in [0.2, 0.25) is 0 Å². The molecule has 2 rings (SSSR count). The highest BCUT2D eigenvalue weighted by atomic mass is 16.5. The zero-order chi connectivity index (χ0) is 9.97. The van der Waals surface area contributed by atoms with E-state index in [0.29, 0.717) is 5.82 Å². The molecule has 4 nitrogen and oxygen atoms in total. The molecule has 1 N–H and O–H groups in total. The van der Waals surface area contributed by atoms with Crippen LogP contribution in [0.4, 0.5) is 0 Å². The van der Waals surface area contributed by atoms with Crippen molar-refractivity contribution < 1.29 is 9.63 Å². The van der Waals surface area contributed by atoms with Crippen LogP contribution in [-0.2, 0) is 0 Å². The van der Waals surface area contributed by atoms with E-state index in [0.717, 1.165) is 11.1 Å². The Hall–Kier alpha value is -1.68. The van der Waals surface area contributed by atoms with Crippen LogP contribution in [0.1, 0.15) is 18.6 Å². The molecule has 0 amide bonds. The molecule has 4 heteroatoms. The minimum absolute atomic E-state index is 0.450. The number of aromatic nitrogens is 2. The maximum absolute atomic E-state index is 9.30. The Bertz CT molecular complexity index is 393. The third-order valence-corrected chi connectivity index (χ3v) is 2.01. The molecular formula is C10H10N2O2. The standard InChI is InChI=1S/C10H10N2O2/c1-7(13)8-2-4-9(5-3-8)10-11-6-14-12-10/h2-7,13H,1H3. The topological polar surface area (TPSA) is 59.2 Å². The van der Waals surface area contributed by atoms with Gasteiger partial charge in [-0.25, -0.2) is 0 Å². The van der Waals surface area contributed by atoms with Crippen molar-refractivity contribution in [2.75, 3.05) is 0 Å². The second-order valence-corrected chi connectivity index (χ2v) is 3.05. The average Bonchev–Trinajstić information content (AvgIpc) is 2.71. The fourth-order valence-corrected chi connectivity index (χ4v) is 1.21. The van der Waals surface area contributed by atoms with Crippen molar-refractivity contribution in [1.82, 2.24) is 10.1 Å². The number of nitrogens with zero attached hydrogens (tertiary/aromatic N) is 2. The molecule has 1 aromatic carbocycles. The van der Waals surface area contributed by atoms with Crippen molar-refractivity contribution in [3.8, 4) is 11.4 Å². The van der Waals surface area contributed by atoms with Crippen LogP contribution in [0.15, 0.2) is 35.2 Å². The highest BCUT2D eigenvalue weighted by Gasteiger charge is 2.04. The summed E-state index contributed by atoms with van der Waals surface area (Å²) in [6.45, 7) is 1.73. The Morgan fingerprint density at radius 2 is 2.00 bits per heavy atom. The van der Waals surface area contributed by atoms with Gasteiger partial charge in [0.05, 0.1) is 6.10 Å². The van der Waals surface area contributed by atoms with Gasteiger partial charge in [-0.1, -0.05) is 29.4 Å². The molecule has 1 heterocycles. The minimum atomic E-state index is -0.450. The van der Waals surface area contributed by atoms with Crippen LogP contribution in [0.5, 0.6) is 0 Å². The first-order chi connectivity index (χ1) is 6.77. The lowest BCUT2D eigenvalue weighted by Gasteiger charge is -2.03. The predicted octanol–water partition coefficient (Wildman–Crippen LogP) is 1.79. The van der Waals surface area contributed by atoms with Gasteiger partial charge in [0.25, 0.3) is 0 Å². The highest BCUT2D eigenvalue weighted by molar-refractivity contribution is 5.54. The van der Waals surface area contributed by atoms with Gasteiger partial charge in [0, 0.05) is 5.56 Å². The third-order valence-electron chi connectivity index (χ3n) is 2.01.